The number of nitrogens with zero attached hydrogens (tertiary/aromatic N) is 1. The SMILES string of the molecule is CC1(C)c2ccccc2-c2ccc(N(c3ccccc3)c3cc4sc5ccccc5c4c4ccccc34)cc21. The van der Waals surface area contributed by atoms with Gasteiger partial charge in [0.1, 0.15) is 0 Å². The number of rotatable bonds is 3. The van der Waals surface area contributed by atoms with E-state index in [-0.39, 0.29) is 5.41 Å². The Kier molecular flexibility index (Phi) is 4.80. The molecule has 186 valence electrons. The van der Waals surface area contributed by atoms with Crippen molar-refractivity contribution < 1.29 is 0 Å². The van der Waals surface area contributed by atoms with Crippen molar-refractivity contribution in [2.45, 2.75) is 19.3 Å². The molecule has 6 aromatic carbocycles. The summed E-state index contributed by atoms with van der Waals surface area (Å²) in [6, 6.07) is 46.8. The fraction of sp³-hybridized carbons (Fsp3) is 0.0811. The maximum absolute atomic E-state index is 2.45. The molecule has 1 aliphatic carbocycles. The molecule has 8 rings (SSSR count). The molecule has 0 saturated carbocycles. The van der Waals surface area contributed by atoms with Gasteiger partial charge >= 0.3 is 0 Å². The molecule has 0 N–H and O–H groups in total. The lowest BCUT2D eigenvalue weighted by Gasteiger charge is -2.29. The number of hydrogen-bond donors (Lipinski definition) is 0. The molecule has 0 amide bonds. The first-order valence-corrected chi connectivity index (χ1v) is 14.4. The fourth-order valence-corrected chi connectivity index (χ4v) is 7.75. The molecule has 1 aromatic heterocycles. The molecule has 0 radical (unpaired) electrons. The van der Waals surface area contributed by atoms with E-state index in [1.54, 1.807) is 0 Å². The average Bonchev–Trinajstić information content (AvgIpc) is 3.46. The Balaban J connectivity index is 1.43. The van der Waals surface area contributed by atoms with Gasteiger partial charge in [-0.2, -0.15) is 0 Å². The van der Waals surface area contributed by atoms with Gasteiger partial charge in [-0.1, -0.05) is 105 Å². The maximum atomic E-state index is 2.45. The highest BCUT2D eigenvalue weighted by atomic mass is 32.1. The standard InChI is InChI=1S/C37H27NS/c1-37(2)31-18-10-8-14-26(31)27-21-20-25(22-32(27)37)38(24-12-4-3-5-13-24)33-23-35-36(29-16-7-6-15-28(29)33)30-17-9-11-19-34(30)39-35/h3-23H,1-2H3. The lowest BCUT2D eigenvalue weighted by atomic mass is 9.82. The smallest absolute Gasteiger partial charge is 0.0554 e. The summed E-state index contributed by atoms with van der Waals surface area (Å²) in [7, 11) is 0. The topological polar surface area (TPSA) is 3.24 Å². The van der Waals surface area contributed by atoms with Crippen LogP contribution in [0.5, 0.6) is 0 Å². The van der Waals surface area contributed by atoms with Gasteiger partial charge < -0.3 is 4.90 Å². The van der Waals surface area contributed by atoms with Crippen molar-refractivity contribution in [3.63, 3.8) is 0 Å². The highest BCUT2D eigenvalue weighted by molar-refractivity contribution is 7.26. The molecule has 0 fully saturated rings. The van der Waals surface area contributed by atoms with E-state index in [1.807, 2.05) is 11.3 Å². The summed E-state index contributed by atoms with van der Waals surface area (Å²) in [5.74, 6) is 0. The van der Waals surface area contributed by atoms with Crippen LogP contribution in [0, 0.1) is 0 Å². The summed E-state index contributed by atoms with van der Waals surface area (Å²) in [4.78, 5) is 2.45. The van der Waals surface area contributed by atoms with Gasteiger partial charge in [-0.25, -0.2) is 0 Å². The second-order valence-corrected chi connectivity index (χ2v) is 12.1. The third-order valence-electron chi connectivity index (χ3n) is 8.44. The van der Waals surface area contributed by atoms with E-state index >= 15 is 0 Å². The zero-order chi connectivity index (χ0) is 26.1. The van der Waals surface area contributed by atoms with Crippen molar-refractivity contribution in [2.75, 3.05) is 4.90 Å². The summed E-state index contributed by atoms with van der Waals surface area (Å²) < 4.78 is 2.65. The van der Waals surface area contributed by atoms with E-state index in [4.69, 9.17) is 0 Å². The molecule has 7 aromatic rings. The molecule has 0 aliphatic heterocycles. The summed E-state index contributed by atoms with van der Waals surface area (Å²) in [5.41, 5.74) is 8.99. The predicted octanol–water partition coefficient (Wildman–Crippen LogP) is 11.0. The van der Waals surface area contributed by atoms with E-state index in [1.165, 1.54) is 64.6 Å². The van der Waals surface area contributed by atoms with Crippen LogP contribution in [-0.4, -0.2) is 0 Å². The van der Waals surface area contributed by atoms with Crippen LogP contribution < -0.4 is 4.90 Å². The van der Waals surface area contributed by atoms with E-state index in [2.05, 4.69) is 146 Å². The monoisotopic (exact) mass is 517 g/mol. The molecule has 1 aliphatic rings. The van der Waals surface area contributed by atoms with Crippen LogP contribution >= 0.6 is 11.3 Å². The molecule has 0 spiro atoms. The van der Waals surface area contributed by atoms with Crippen molar-refractivity contribution in [1.82, 2.24) is 0 Å². The molecule has 0 atom stereocenters. The Bertz CT molecular complexity index is 2050. The lowest BCUT2D eigenvalue weighted by molar-refractivity contribution is 0.660. The second kappa shape index (κ2) is 8.30. The number of para-hydroxylation sites is 1. The lowest BCUT2D eigenvalue weighted by Crippen LogP contribution is -2.16. The van der Waals surface area contributed by atoms with Gasteiger partial charge in [-0.15, -0.1) is 11.3 Å². The van der Waals surface area contributed by atoms with Gasteiger partial charge in [0.25, 0.3) is 0 Å². The first kappa shape index (κ1) is 22.6. The predicted molar refractivity (Wildman–Crippen MR) is 169 cm³/mol. The highest BCUT2D eigenvalue weighted by Gasteiger charge is 2.35. The fourth-order valence-electron chi connectivity index (χ4n) is 6.59. The van der Waals surface area contributed by atoms with Gasteiger partial charge in [0.05, 0.1) is 5.69 Å². The molecule has 0 unspecified atom stereocenters. The van der Waals surface area contributed by atoms with E-state index in [9.17, 15) is 0 Å². The molecule has 0 bridgehead atoms. The van der Waals surface area contributed by atoms with Crippen LogP contribution in [0.3, 0.4) is 0 Å². The van der Waals surface area contributed by atoms with Crippen LogP contribution in [0.25, 0.3) is 42.1 Å². The zero-order valence-electron chi connectivity index (χ0n) is 22.0. The van der Waals surface area contributed by atoms with Crippen molar-refractivity contribution in [1.29, 1.82) is 0 Å². The van der Waals surface area contributed by atoms with Gasteiger partial charge in [0.2, 0.25) is 0 Å². The summed E-state index contributed by atoms with van der Waals surface area (Å²) in [5, 5.41) is 5.26. The Labute approximate surface area is 232 Å². The average molecular weight is 518 g/mol. The van der Waals surface area contributed by atoms with Gasteiger partial charge in [0, 0.05) is 42.3 Å². The summed E-state index contributed by atoms with van der Waals surface area (Å²) in [6.07, 6.45) is 0. The Morgan fingerprint density at radius 1 is 0.513 bits per heavy atom. The van der Waals surface area contributed by atoms with Crippen molar-refractivity contribution >= 4 is 59.3 Å². The minimum atomic E-state index is -0.0538. The van der Waals surface area contributed by atoms with Crippen LogP contribution in [0.1, 0.15) is 25.0 Å². The van der Waals surface area contributed by atoms with E-state index in [0.29, 0.717) is 0 Å². The number of thiophene rings is 1. The van der Waals surface area contributed by atoms with E-state index in [0.717, 1.165) is 5.69 Å². The van der Waals surface area contributed by atoms with Gasteiger partial charge in [0.15, 0.2) is 0 Å². The third kappa shape index (κ3) is 3.25. The molecule has 39 heavy (non-hydrogen) atoms. The quantitative estimate of drug-likeness (QED) is 0.225. The maximum Gasteiger partial charge on any atom is 0.0554 e. The number of hydrogen-bond acceptors (Lipinski definition) is 2. The van der Waals surface area contributed by atoms with Crippen LogP contribution in [0.4, 0.5) is 17.1 Å². The third-order valence-corrected chi connectivity index (χ3v) is 9.56. The minimum absolute atomic E-state index is 0.0538. The number of benzene rings is 6. The molecule has 1 nitrogen and oxygen atoms in total. The molecule has 1 heterocycles. The van der Waals surface area contributed by atoms with Crippen LogP contribution in [-0.2, 0) is 5.41 Å². The van der Waals surface area contributed by atoms with Crippen molar-refractivity contribution in [3.8, 4) is 11.1 Å². The van der Waals surface area contributed by atoms with Crippen molar-refractivity contribution in [2.24, 2.45) is 0 Å². The normalized spacial score (nSPS) is 13.6. The Hall–Kier alpha value is -4.40. The molecule has 2 heteroatoms. The van der Waals surface area contributed by atoms with E-state index < -0.39 is 0 Å². The summed E-state index contributed by atoms with van der Waals surface area (Å²) >= 11 is 1.88. The van der Waals surface area contributed by atoms with Crippen LogP contribution in [0.2, 0.25) is 0 Å². The number of fused-ring (bicyclic) bond motifs is 8. The zero-order valence-corrected chi connectivity index (χ0v) is 22.8. The molecular formula is C37H27NS. The first-order chi connectivity index (χ1) is 19.1. The van der Waals surface area contributed by atoms with Gasteiger partial charge in [-0.3, -0.25) is 0 Å². The minimum Gasteiger partial charge on any atom is -0.310 e. The number of anilines is 3. The summed E-state index contributed by atoms with van der Waals surface area (Å²) in [6.45, 7) is 4.71. The van der Waals surface area contributed by atoms with Crippen molar-refractivity contribution in [3.05, 3.63) is 139 Å². The molecule has 0 saturated heterocycles. The highest BCUT2D eigenvalue weighted by Crippen LogP contribution is 2.51. The Morgan fingerprint density at radius 3 is 2.03 bits per heavy atom. The first-order valence-electron chi connectivity index (χ1n) is 13.5. The van der Waals surface area contributed by atoms with Crippen LogP contribution in [0.15, 0.2) is 127 Å². The van der Waals surface area contributed by atoms with Gasteiger partial charge in [-0.05, 0) is 64.0 Å². The largest absolute Gasteiger partial charge is 0.310 e. The second-order valence-electron chi connectivity index (χ2n) is 11.0. The molecular weight excluding hydrogens is 490 g/mol. The Morgan fingerprint density at radius 2 is 1.18 bits per heavy atom.